The van der Waals surface area contributed by atoms with Crippen LogP contribution in [0.15, 0.2) is 18.2 Å². The monoisotopic (exact) mass is 212 g/mol. The standard InChI is InChI=1S/C10H13FN2O2/c1-2-9(10(13)14)15-6-3-4-8(12)7(11)5-6/h3-5,9H,2,12H2,1H3,(H2,13,14). The first-order valence-corrected chi connectivity index (χ1v) is 4.55. The Labute approximate surface area is 87.0 Å². The molecule has 0 fully saturated rings. The predicted octanol–water partition coefficient (Wildman–Crippen LogP) is 1.05. The Morgan fingerprint density at radius 1 is 1.60 bits per heavy atom. The van der Waals surface area contributed by atoms with Crippen molar-refractivity contribution < 1.29 is 13.9 Å². The molecule has 1 aromatic rings. The lowest BCUT2D eigenvalue weighted by molar-refractivity contribution is -0.124. The topological polar surface area (TPSA) is 78.3 Å². The summed E-state index contributed by atoms with van der Waals surface area (Å²) in [6, 6.07) is 3.99. The van der Waals surface area contributed by atoms with Crippen LogP contribution >= 0.6 is 0 Å². The minimum atomic E-state index is -0.743. The van der Waals surface area contributed by atoms with Gasteiger partial charge < -0.3 is 16.2 Å². The average Bonchev–Trinajstić information content (AvgIpc) is 2.19. The largest absolute Gasteiger partial charge is 0.481 e. The number of hydrogen-bond acceptors (Lipinski definition) is 3. The molecule has 4 N–H and O–H groups in total. The number of hydrogen-bond donors (Lipinski definition) is 2. The molecule has 0 radical (unpaired) electrons. The molecule has 0 saturated carbocycles. The van der Waals surface area contributed by atoms with E-state index in [2.05, 4.69) is 0 Å². The molecular formula is C10H13FN2O2. The highest BCUT2D eigenvalue weighted by molar-refractivity contribution is 5.79. The summed E-state index contributed by atoms with van der Waals surface area (Å²) in [5, 5.41) is 0. The number of anilines is 1. The third-order valence-corrected chi connectivity index (χ3v) is 1.94. The van der Waals surface area contributed by atoms with Crippen molar-refractivity contribution in [1.29, 1.82) is 0 Å². The van der Waals surface area contributed by atoms with Gasteiger partial charge in [-0.2, -0.15) is 0 Å². The normalized spacial score (nSPS) is 12.1. The van der Waals surface area contributed by atoms with Gasteiger partial charge in [0.2, 0.25) is 0 Å². The Kier molecular flexibility index (Phi) is 3.49. The van der Waals surface area contributed by atoms with Gasteiger partial charge >= 0.3 is 0 Å². The highest BCUT2D eigenvalue weighted by atomic mass is 19.1. The minimum absolute atomic E-state index is 0.0365. The maximum atomic E-state index is 13.0. The first-order chi connectivity index (χ1) is 7.04. The molecule has 0 heterocycles. The van der Waals surface area contributed by atoms with Crippen LogP contribution in [0.4, 0.5) is 10.1 Å². The zero-order valence-corrected chi connectivity index (χ0v) is 8.37. The van der Waals surface area contributed by atoms with Gasteiger partial charge in [0, 0.05) is 6.07 Å². The van der Waals surface area contributed by atoms with E-state index in [1.165, 1.54) is 12.1 Å². The summed E-state index contributed by atoms with van der Waals surface area (Å²) >= 11 is 0. The fourth-order valence-electron chi connectivity index (χ4n) is 1.09. The van der Waals surface area contributed by atoms with Gasteiger partial charge in [-0.15, -0.1) is 0 Å². The van der Waals surface area contributed by atoms with Crippen LogP contribution in [-0.4, -0.2) is 12.0 Å². The van der Waals surface area contributed by atoms with Crippen LogP contribution in [0.5, 0.6) is 5.75 Å². The van der Waals surface area contributed by atoms with Gasteiger partial charge in [0.1, 0.15) is 11.6 Å². The van der Waals surface area contributed by atoms with Crippen LogP contribution in [0.1, 0.15) is 13.3 Å². The molecule has 0 aromatic heterocycles. The summed E-state index contributed by atoms with van der Waals surface area (Å²) in [5.74, 6) is -0.908. The molecule has 1 amide bonds. The number of amides is 1. The summed E-state index contributed by atoms with van der Waals surface area (Å²) in [5.41, 5.74) is 10.4. The molecular weight excluding hydrogens is 199 g/mol. The number of nitrogen functional groups attached to an aromatic ring is 1. The third-order valence-electron chi connectivity index (χ3n) is 1.94. The maximum Gasteiger partial charge on any atom is 0.258 e. The summed E-state index contributed by atoms with van der Waals surface area (Å²) in [7, 11) is 0. The molecule has 0 aliphatic rings. The summed E-state index contributed by atoms with van der Waals surface area (Å²) < 4.78 is 18.2. The zero-order valence-electron chi connectivity index (χ0n) is 8.37. The number of benzene rings is 1. The van der Waals surface area contributed by atoms with E-state index >= 15 is 0 Å². The first kappa shape index (κ1) is 11.3. The van der Waals surface area contributed by atoms with E-state index < -0.39 is 17.8 Å². The maximum absolute atomic E-state index is 13.0. The predicted molar refractivity (Wildman–Crippen MR) is 54.7 cm³/mol. The van der Waals surface area contributed by atoms with Crippen LogP contribution in [0.25, 0.3) is 0 Å². The van der Waals surface area contributed by atoms with Crippen molar-refractivity contribution >= 4 is 11.6 Å². The molecule has 5 heteroatoms. The van der Waals surface area contributed by atoms with Gasteiger partial charge in [-0.05, 0) is 18.6 Å². The first-order valence-electron chi connectivity index (χ1n) is 4.55. The number of carbonyl (C=O) groups is 1. The van der Waals surface area contributed by atoms with E-state index in [1.54, 1.807) is 6.92 Å². The number of carbonyl (C=O) groups excluding carboxylic acids is 1. The van der Waals surface area contributed by atoms with E-state index in [4.69, 9.17) is 16.2 Å². The van der Waals surface area contributed by atoms with E-state index in [0.717, 1.165) is 6.07 Å². The zero-order chi connectivity index (χ0) is 11.4. The summed E-state index contributed by atoms with van der Waals surface area (Å²) in [6.45, 7) is 1.75. The lowest BCUT2D eigenvalue weighted by atomic mass is 10.2. The second kappa shape index (κ2) is 4.63. The van der Waals surface area contributed by atoms with Crippen molar-refractivity contribution in [3.63, 3.8) is 0 Å². The summed E-state index contributed by atoms with van der Waals surface area (Å²) in [4.78, 5) is 10.9. The van der Waals surface area contributed by atoms with E-state index in [9.17, 15) is 9.18 Å². The molecule has 1 unspecified atom stereocenters. The van der Waals surface area contributed by atoms with Crippen LogP contribution in [-0.2, 0) is 4.79 Å². The molecule has 1 rings (SSSR count). The van der Waals surface area contributed by atoms with E-state index in [-0.39, 0.29) is 11.4 Å². The molecule has 82 valence electrons. The van der Waals surface area contributed by atoms with Gasteiger partial charge in [0.05, 0.1) is 5.69 Å². The Hall–Kier alpha value is -1.78. The fourth-order valence-corrected chi connectivity index (χ4v) is 1.09. The van der Waals surface area contributed by atoms with Crippen molar-refractivity contribution in [3.8, 4) is 5.75 Å². The Balaban J connectivity index is 2.80. The van der Waals surface area contributed by atoms with Crippen LogP contribution in [0, 0.1) is 5.82 Å². The second-order valence-corrected chi connectivity index (χ2v) is 3.10. The average molecular weight is 212 g/mol. The molecule has 0 saturated heterocycles. The van der Waals surface area contributed by atoms with Gasteiger partial charge in [0.15, 0.2) is 6.10 Å². The van der Waals surface area contributed by atoms with E-state index in [0.29, 0.717) is 6.42 Å². The third kappa shape index (κ3) is 2.83. The molecule has 1 atom stereocenters. The number of rotatable bonds is 4. The highest BCUT2D eigenvalue weighted by Gasteiger charge is 2.14. The Bertz CT molecular complexity index is 368. The number of nitrogens with two attached hydrogens (primary N) is 2. The van der Waals surface area contributed by atoms with Crippen molar-refractivity contribution in [3.05, 3.63) is 24.0 Å². The molecule has 1 aromatic carbocycles. The Morgan fingerprint density at radius 2 is 2.27 bits per heavy atom. The minimum Gasteiger partial charge on any atom is -0.481 e. The van der Waals surface area contributed by atoms with Gasteiger partial charge in [-0.1, -0.05) is 6.92 Å². The van der Waals surface area contributed by atoms with Crippen LogP contribution in [0.3, 0.4) is 0 Å². The van der Waals surface area contributed by atoms with Crippen LogP contribution in [0.2, 0.25) is 0 Å². The Morgan fingerprint density at radius 3 is 2.73 bits per heavy atom. The van der Waals surface area contributed by atoms with Crippen molar-refractivity contribution in [1.82, 2.24) is 0 Å². The molecule has 15 heavy (non-hydrogen) atoms. The number of halogens is 1. The molecule has 0 aliphatic heterocycles. The highest BCUT2D eigenvalue weighted by Crippen LogP contribution is 2.19. The molecule has 0 bridgehead atoms. The molecule has 0 spiro atoms. The quantitative estimate of drug-likeness (QED) is 0.732. The fraction of sp³-hybridized carbons (Fsp3) is 0.300. The van der Waals surface area contributed by atoms with Crippen molar-refractivity contribution in [2.24, 2.45) is 5.73 Å². The smallest absolute Gasteiger partial charge is 0.258 e. The summed E-state index contributed by atoms with van der Waals surface area (Å²) in [6.07, 6.45) is -0.311. The number of primary amides is 1. The second-order valence-electron chi connectivity index (χ2n) is 3.10. The lowest BCUT2D eigenvalue weighted by Gasteiger charge is -2.14. The molecule has 4 nitrogen and oxygen atoms in total. The van der Waals surface area contributed by atoms with E-state index in [1.807, 2.05) is 0 Å². The van der Waals surface area contributed by atoms with Gasteiger partial charge in [0.25, 0.3) is 5.91 Å². The van der Waals surface area contributed by atoms with Gasteiger partial charge in [-0.25, -0.2) is 4.39 Å². The lowest BCUT2D eigenvalue weighted by Crippen LogP contribution is -2.33. The number of ether oxygens (including phenoxy) is 1. The van der Waals surface area contributed by atoms with Crippen molar-refractivity contribution in [2.75, 3.05) is 5.73 Å². The van der Waals surface area contributed by atoms with Crippen molar-refractivity contribution in [2.45, 2.75) is 19.4 Å². The van der Waals surface area contributed by atoms with Gasteiger partial charge in [-0.3, -0.25) is 4.79 Å². The van der Waals surface area contributed by atoms with Crippen LogP contribution < -0.4 is 16.2 Å². The molecule has 0 aliphatic carbocycles. The SMILES string of the molecule is CCC(Oc1ccc(N)c(F)c1)C(N)=O.